The lowest BCUT2D eigenvalue weighted by Crippen LogP contribution is -2.33. The summed E-state index contributed by atoms with van der Waals surface area (Å²) in [6, 6.07) is 6.86. The quantitative estimate of drug-likeness (QED) is 0.622. The smallest absolute Gasteiger partial charge is 0.340 e. The van der Waals surface area contributed by atoms with Gasteiger partial charge in [0, 0.05) is 18.4 Å². The van der Waals surface area contributed by atoms with E-state index in [1.165, 1.54) is 0 Å². The third-order valence-electron chi connectivity index (χ3n) is 4.82. The Balaban J connectivity index is 1.77. The van der Waals surface area contributed by atoms with Crippen molar-refractivity contribution in [1.82, 2.24) is 4.90 Å². The van der Waals surface area contributed by atoms with Crippen molar-refractivity contribution in [3.63, 3.8) is 0 Å². The van der Waals surface area contributed by atoms with Crippen molar-refractivity contribution in [1.29, 1.82) is 0 Å². The molecule has 6 heteroatoms. The molecule has 0 radical (unpaired) electrons. The average molecular weight is 330 g/mol. The second-order valence-corrected chi connectivity index (χ2v) is 6.56. The molecule has 1 aromatic carbocycles. The monoisotopic (exact) mass is 330 g/mol. The predicted octanol–water partition coefficient (Wildman–Crippen LogP) is 1.84. The maximum absolute atomic E-state index is 12.5. The molecule has 0 spiro atoms. The van der Waals surface area contributed by atoms with E-state index in [0.717, 1.165) is 24.3 Å². The Morgan fingerprint density at radius 1 is 1.29 bits per heavy atom. The Morgan fingerprint density at radius 2 is 2.04 bits per heavy atom. The van der Waals surface area contributed by atoms with Gasteiger partial charge in [-0.3, -0.25) is 9.59 Å². The number of likely N-dealkylation sites (tertiary alicyclic amines) is 1. The minimum atomic E-state index is -0.494. The molecule has 3 rings (SSSR count). The highest BCUT2D eigenvalue weighted by Gasteiger charge is 2.38. The van der Waals surface area contributed by atoms with Gasteiger partial charge >= 0.3 is 5.97 Å². The summed E-state index contributed by atoms with van der Waals surface area (Å²) < 4.78 is 5.45. The summed E-state index contributed by atoms with van der Waals surface area (Å²) >= 11 is 0. The molecule has 2 heterocycles. The summed E-state index contributed by atoms with van der Waals surface area (Å²) in [4.78, 5) is 40.2. The summed E-state index contributed by atoms with van der Waals surface area (Å²) in [5, 5.41) is 0. The SMILES string of the molecule is CC1CC(=O)N(c2ccccc2C(=O)OCC2CCCN2C)C1=O. The molecule has 2 atom stereocenters. The van der Waals surface area contributed by atoms with Crippen molar-refractivity contribution in [3.05, 3.63) is 29.8 Å². The number of hydrogen-bond acceptors (Lipinski definition) is 5. The minimum Gasteiger partial charge on any atom is -0.460 e. The summed E-state index contributed by atoms with van der Waals surface area (Å²) in [6.07, 6.45) is 2.28. The predicted molar refractivity (Wildman–Crippen MR) is 88.7 cm³/mol. The van der Waals surface area contributed by atoms with Crippen molar-refractivity contribution in [2.45, 2.75) is 32.2 Å². The van der Waals surface area contributed by atoms with Crippen LogP contribution in [-0.2, 0) is 14.3 Å². The van der Waals surface area contributed by atoms with Crippen molar-refractivity contribution in [2.24, 2.45) is 5.92 Å². The Bertz CT molecular complexity index is 673. The molecule has 24 heavy (non-hydrogen) atoms. The van der Waals surface area contributed by atoms with Crippen LogP contribution < -0.4 is 4.90 Å². The number of esters is 1. The van der Waals surface area contributed by atoms with Crippen molar-refractivity contribution < 1.29 is 19.1 Å². The molecule has 0 aromatic heterocycles. The third-order valence-corrected chi connectivity index (χ3v) is 4.82. The maximum atomic E-state index is 12.5. The van der Waals surface area contributed by atoms with Crippen LogP contribution in [0.3, 0.4) is 0 Å². The van der Waals surface area contributed by atoms with E-state index >= 15 is 0 Å². The number of amides is 2. The van der Waals surface area contributed by atoms with Crippen LogP contribution in [0.15, 0.2) is 24.3 Å². The molecule has 2 aliphatic rings. The van der Waals surface area contributed by atoms with Crippen LogP contribution in [0.4, 0.5) is 5.69 Å². The number of para-hydroxylation sites is 1. The molecule has 0 aliphatic carbocycles. The highest BCUT2D eigenvalue weighted by Crippen LogP contribution is 2.29. The van der Waals surface area contributed by atoms with Gasteiger partial charge in [0.1, 0.15) is 6.61 Å². The minimum absolute atomic E-state index is 0.176. The summed E-state index contributed by atoms with van der Waals surface area (Å²) in [5.74, 6) is -1.39. The molecule has 6 nitrogen and oxygen atoms in total. The van der Waals surface area contributed by atoms with Crippen molar-refractivity contribution in [2.75, 3.05) is 25.1 Å². The molecule has 2 saturated heterocycles. The number of ether oxygens (including phenoxy) is 1. The number of carbonyl (C=O) groups excluding carboxylic acids is 3. The van der Waals surface area contributed by atoms with Gasteiger partial charge in [0.2, 0.25) is 11.8 Å². The maximum Gasteiger partial charge on any atom is 0.340 e. The van der Waals surface area contributed by atoms with Crippen LogP contribution in [0.5, 0.6) is 0 Å². The summed E-state index contributed by atoms with van der Waals surface area (Å²) in [7, 11) is 2.02. The zero-order chi connectivity index (χ0) is 17.3. The standard InChI is InChI=1S/C18H22N2O4/c1-12-10-16(21)20(17(12)22)15-8-4-3-7-14(15)18(23)24-11-13-6-5-9-19(13)2/h3-4,7-8,12-13H,5-6,9-11H2,1-2H3. The zero-order valence-electron chi connectivity index (χ0n) is 14.0. The van der Waals surface area contributed by atoms with E-state index in [9.17, 15) is 14.4 Å². The Kier molecular flexibility index (Phi) is 4.66. The lowest BCUT2D eigenvalue weighted by molar-refractivity contribution is -0.122. The van der Waals surface area contributed by atoms with Crippen molar-refractivity contribution in [3.8, 4) is 0 Å². The van der Waals surface area contributed by atoms with Crippen LogP contribution in [0.1, 0.15) is 36.5 Å². The average Bonchev–Trinajstić information content (AvgIpc) is 3.08. The van der Waals surface area contributed by atoms with Gasteiger partial charge in [-0.25, -0.2) is 9.69 Å². The highest BCUT2D eigenvalue weighted by molar-refractivity contribution is 6.22. The molecule has 0 bridgehead atoms. The number of nitrogens with zero attached hydrogens (tertiary/aromatic N) is 2. The molecule has 0 N–H and O–H groups in total. The zero-order valence-corrected chi connectivity index (χ0v) is 14.0. The van der Waals surface area contributed by atoms with Gasteiger partial charge in [0.15, 0.2) is 0 Å². The van der Waals surface area contributed by atoms with E-state index in [1.807, 2.05) is 7.05 Å². The molecule has 1 aromatic rings. The van der Waals surface area contributed by atoms with Gasteiger partial charge < -0.3 is 9.64 Å². The number of hydrogen-bond donors (Lipinski definition) is 0. The number of rotatable bonds is 4. The van der Waals surface area contributed by atoms with Gasteiger partial charge in [0.05, 0.1) is 11.3 Å². The van der Waals surface area contributed by atoms with Gasteiger partial charge in [0.25, 0.3) is 0 Å². The molecule has 2 amide bonds. The van der Waals surface area contributed by atoms with Gasteiger partial charge in [-0.2, -0.15) is 0 Å². The topological polar surface area (TPSA) is 66.9 Å². The van der Waals surface area contributed by atoms with Crippen LogP contribution in [0.2, 0.25) is 0 Å². The van der Waals surface area contributed by atoms with Crippen LogP contribution >= 0.6 is 0 Å². The Hall–Kier alpha value is -2.21. The molecule has 128 valence electrons. The number of likely N-dealkylation sites (N-methyl/N-ethyl adjacent to an activating group) is 1. The first-order valence-electron chi connectivity index (χ1n) is 8.32. The Morgan fingerprint density at radius 3 is 2.67 bits per heavy atom. The van der Waals surface area contributed by atoms with E-state index in [2.05, 4.69) is 4.90 Å². The lowest BCUT2D eigenvalue weighted by Gasteiger charge is -2.21. The second-order valence-electron chi connectivity index (χ2n) is 6.56. The summed E-state index contributed by atoms with van der Waals surface area (Å²) in [5.41, 5.74) is 0.579. The number of carbonyl (C=O) groups is 3. The fourth-order valence-electron chi connectivity index (χ4n) is 3.32. The van der Waals surface area contributed by atoms with E-state index in [4.69, 9.17) is 4.74 Å². The van der Waals surface area contributed by atoms with E-state index in [-0.39, 0.29) is 35.8 Å². The highest BCUT2D eigenvalue weighted by atomic mass is 16.5. The first-order valence-corrected chi connectivity index (χ1v) is 8.32. The van der Waals surface area contributed by atoms with Gasteiger partial charge in [-0.1, -0.05) is 19.1 Å². The van der Waals surface area contributed by atoms with Gasteiger partial charge in [-0.05, 0) is 38.6 Å². The summed E-state index contributed by atoms with van der Waals surface area (Å²) in [6.45, 7) is 3.05. The molecular weight excluding hydrogens is 308 g/mol. The fraction of sp³-hybridized carbons (Fsp3) is 0.500. The lowest BCUT2D eigenvalue weighted by atomic mass is 10.1. The molecule has 2 fully saturated rings. The molecular formula is C18H22N2O4. The van der Waals surface area contributed by atoms with Crippen LogP contribution in [-0.4, -0.2) is 48.9 Å². The van der Waals surface area contributed by atoms with E-state index < -0.39 is 5.97 Å². The normalized spacial score (nSPS) is 24.7. The van der Waals surface area contributed by atoms with E-state index in [1.54, 1.807) is 31.2 Å². The molecule has 2 aliphatic heterocycles. The first kappa shape index (κ1) is 16.6. The first-order chi connectivity index (χ1) is 11.5. The Labute approximate surface area is 141 Å². The van der Waals surface area contributed by atoms with Crippen LogP contribution in [0, 0.1) is 5.92 Å². The fourth-order valence-corrected chi connectivity index (χ4v) is 3.32. The largest absolute Gasteiger partial charge is 0.460 e. The van der Waals surface area contributed by atoms with E-state index in [0.29, 0.717) is 12.3 Å². The third kappa shape index (κ3) is 3.06. The van der Waals surface area contributed by atoms with Gasteiger partial charge in [-0.15, -0.1) is 0 Å². The molecule has 0 saturated carbocycles. The second kappa shape index (κ2) is 6.73. The van der Waals surface area contributed by atoms with Crippen molar-refractivity contribution >= 4 is 23.5 Å². The molecule has 2 unspecified atom stereocenters. The number of benzene rings is 1. The van der Waals surface area contributed by atoms with Crippen LogP contribution in [0.25, 0.3) is 0 Å². The number of imide groups is 1. The number of anilines is 1.